The third kappa shape index (κ3) is 4.51. The topological polar surface area (TPSA) is 60.9 Å². The Hall–Kier alpha value is -1.73. The summed E-state index contributed by atoms with van der Waals surface area (Å²) in [5, 5.41) is 11.5. The summed E-state index contributed by atoms with van der Waals surface area (Å²) in [7, 11) is 3.53. The second kappa shape index (κ2) is 8.31. The van der Waals surface area contributed by atoms with E-state index in [1.54, 1.807) is 24.3 Å². The highest BCUT2D eigenvalue weighted by atomic mass is 32.2. The van der Waals surface area contributed by atoms with Crippen LogP contribution in [0.15, 0.2) is 59.5 Å². The number of rotatable bonds is 8. The van der Waals surface area contributed by atoms with Gasteiger partial charge in [-0.25, -0.2) is 12.7 Å². The Morgan fingerprint density at radius 1 is 0.885 bits per heavy atom. The summed E-state index contributed by atoms with van der Waals surface area (Å²) < 4.78 is 25.7. The molecule has 142 valence electrons. The van der Waals surface area contributed by atoms with E-state index in [2.05, 4.69) is 4.90 Å². The van der Waals surface area contributed by atoms with E-state index in [1.165, 1.54) is 18.4 Å². The van der Waals surface area contributed by atoms with Gasteiger partial charge in [0, 0.05) is 14.1 Å². The minimum Gasteiger partial charge on any atom is -0.380 e. The first-order valence-corrected chi connectivity index (χ1v) is 10.1. The van der Waals surface area contributed by atoms with Crippen LogP contribution in [0.5, 0.6) is 0 Å². The van der Waals surface area contributed by atoms with Crippen LogP contribution in [0.4, 0.5) is 0 Å². The Labute approximate surface area is 156 Å². The van der Waals surface area contributed by atoms with Crippen molar-refractivity contribution in [1.82, 2.24) is 9.21 Å². The molecule has 5 nitrogen and oxygen atoms in total. The minimum atomic E-state index is -3.49. The van der Waals surface area contributed by atoms with Crippen molar-refractivity contribution in [2.75, 3.05) is 34.7 Å². The lowest BCUT2D eigenvalue weighted by Gasteiger charge is -2.30. The lowest BCUT2D eigenvalue weighted by molar-refractivity contribution is 0.0664. The molecule has 1 N–H and O–H groups in total. The molecule has 0 bridgehead atoms. The first kappa shape index (κ1) is 20.6. The van der Waals surface area contributed by atoms with Crippen LogP contribution in [-0.2, 0) is 15.6 Å². The van der Waals surface area contributed by atoms with Crippen molar-refractivity contribution in [3.63, 3.8) is 0 Å². The van der Waals surface area contributed by atoms with E-state index < -0.39 is 15.6 Å². The molecule has 6 heteroatoms. The molecule has 2 aromatic rings. The molecule has 2 aromatic carbocycles. The van der Waals surface area contributed by atoms with Gasteiger partial charge >= 0.3 is 0 Å². The highest BCUT2D eigenvalue weighted by Crippen LogP contribution is 2.34. The average Bonchev–Trinajstić information content (AvgIpc) is 2.62. The second-order valence-electron chi connectivity index (χ2n) is 6.94. The number of aliphatic hydroxyl groups is 1. The summed E-state index contributed by atoms with van der Waals surface area (Å²) in [5.74, 6) is 0. The zero-order valence-corrected chi connectivity index (χ0v) is 16.7. The summed E-state index contributed by atoms with van der Waals surface area (Å²) in [4.78, 5) is 2.30. The summed E-state index contributed by atoms with van der Waals surface area (Å²) in [5.41, 5.74) is 0.347. The van der Waals surface area contributed by atoms with Gasteiger partial charge in [-0.05, 0) is 56.7 Å². The zero-order valence-electron chi connectivity index (χ0n) is 15.9. The average molecular weight is 377 g/mol. The second-order valence-corrected chi connectivity index (χ2v) is 9.10. The minimum absolute atomic E-state index is 0.218. The molecule has 2 rings (SSSR count). The van der Waals surface area contributed by atoms with Gasteiger partial charge in [0.1, 0.15) is 5.60 Å². The van der Waals surface area contributed by atoms with Crippen LogP contribution in [0.2, 0.25) is 0 Å². The van der Waals surface area contributed by atoms with Crippen LogP contribution in [-0.4, -0.2) is 57.5 Å². The van der Waals surface area contributed by atoms with E-state index in [0.717, 1.165) is 18.5 Å². The number of hydrogen-bond donors (Lipinski definition) is 1. The molecule has 0 heterocycles. The molecule has 26 heavy (non-hydrogen) atoms. The van der Waals surface area contributed by atoms with Gasteiger partial charge in [-0.2, -0.15) is 0 Å². The molecule has 0 aromatic heterocycles. The highest BCUT2D eigenvalue weighted by Gasteiger charge is 2.31. The van der Waals surface area contributed by atoms with E-state index >= 15 is 0 Å². The van der Waals surface area contributed by atoms with E-state index in [0.29, 0.717) is 12.0 Å². The Kier molecular flexibility index (Phi) is 6.58. The molecule has 0 aliphatic rings. The first-order valence-electron chi connectivity index (χ1n) is 8.63. The Morgan fingerprint density at radius 3 is 1.92 bits per heavy atom. The van der Waals surface area contributed by atoms with Crippen LogP contribution >= 0.6 is 0 Å². The van der Waals surface area contributed by atoms with Crippen LogP contribution < -0.4 is 0 Å². The third-order valence-corrected chi connectivity index (χ3v) is 6.34. The molecular formula is C20H28N2O3S. The largest absolute Gasteiger partial charge is 0.380 e. The van der Waals surface area contributed by atoms with Crippen molar-refractivity contribution in [3.8, 4) is 0 Å². The summed E-state index contributed by atoms with van der Waals surface area (Å²) in [6.07, 6.45) is 1.37. The van der Waals surface area contributed by atoms with E-state index in [4.69, 9.17) is 0 Å². The normalized spacial score (nSPS) is 14.6. The van der Waals surface area contributed by atoms with Gasteiger partial charge < -0.3 is 10.0 Å². The SMILES string of the molecule is CN(C)CCCC(O)(c1ccccc1)c1ccc(S(=O)(=O)N(C)C)cc1. The number of benzene rings is 2. The van der Waals surface area contributed by atoms with Crippen molar-refractivity contribution in [2.24, 2.45) is 0 Å². The van der Waals surface area contributed by atoms with Gasteiger partial charge in [-0.3, -0.25) is 0 Å². The fourth-order valence-electron chi connectivity index (χ4n) is 2.93. The Morgan fingerprint density at radius 2 is 1.42 bits per heavy atom. The molecule has 0 radical (unpaired) electrons. The fraction of sp³-hybridized carbons (Fsp3) is 0.400. The van der Waals surface area contributed by atoms with Crippen molar-refractivity contribution < 1.29 is 13.5 Å². The number of nitrogens with zero attached hydrogens (tertiary/aromatic N) is 2. The van der Waals surface area contributed by atoms with Crippen molar-refractivity contribution in [3.05, 3.63) is 65.7 Å². The number of sulfonamides is 1. The van der Waals surface area contributed by atoms with E-state index in [9.17, 15) is 13.5 Å². The molecule has 0 saturated heterocycles. The van der Waals surface area contributed by atoms with Crippen molar-refractivity contribution in [2.45, 2.75) is 23.3 Å². The number of hydrogen-bond acceptors (Lipinski definition) is 4. The molecule has 0 saturated carbocycles. The Balaban J connectivity index is 2.40. The zero-order chi connectivity index (χ0) is 19.4. The fourth-order valence-corrected chi connectivity index (χ4v) is 3.84. The van der Waals surface area contributed by atoms with Gasteiger partial charge in [-0.15, -0.1) is 0 Å². The molecule has 0 aliphatic heterocycles. The summed E-state index contributed by atoms with van der Waals surface area (Å²) in [6.45, 7) is 0.863. The first-order chi connectivity index (χ1) is 12.2. The van der Waals surface area contributed by atoms with Gasteiger partial charge in [0.25, 0.3) is 0 Å². The maximum atomic E-state index is 12.3. The van der Waals surface area contributed by atoms with Gasteiger partial charge in [0.05, 0.1) is 4.90 Å². The lowest BCUT2D eigenvalue weighted by Crippen LogP contribution is -2.29. The molecule has 0 spiro atoms. The predicted molar refractivity (Wildman–Crippen MR) is 105 cm³/mol. The molecular weight excluding hydrogens is 348 g/mol. The maximum absolute atomic E-state index is 12.3. The Bertz CT molecular complexity index is 803. The van der Waals surface area contributed by atoms with Crippen molar-refractivity contribution >= 4 is 10.0 Å². The van der Waals surface area contributed by atoms with Gasteiger partial charge in [0.2, 0.25) is 10.0 Å². The monoisotopic (exact) mass is 376 g/mol. The lowest BCUT2D eigenvalue weighted by atomic mass is 9.82. The van der Waals surface area contributed by atoms with Crippen LogP contribution in [0.1, 0.15) is 24.0 Å². The third-order valence-electron chi connectivity index (χ3n) is 4.51. The van der Waals surface area contributed by atoms with Crippen molar-refractivity contribution in [1.29, 1.82) is 0 Å². The van der Waals surface area contributed by atoms with Crippen LogP contribution in [0.25, 0.3) is 0 Å². The molecule has 0 amide bonds. The van der Waals surface area contributed by atoms with Gasteiger partial charge in [-0.1, -0.05) is 42.5 Å². The van der Waals surface area contributed by atoms with Crippen LogP contribution in [0, 0.1) is 0 Å². The standard InChI is InChI=1S/C20H28N2O3S/c1-21(2)16-8-15-20(23,17-9-6-5-7-10-17)18-11-13-19(14-12-18)26(24,25)22(3)4/h5-7,9-14,23H,8,15-16H2,1-4H3. The van der Waals surface area contributed by atoms with Crippen LogP contribution in [0.3, 0.4) is 0 Å². The summed E-state index contributed by atoms with van der Waals surface area (Å²) >= 11 is 0. The van der Waals surface area contributed by atoms with E-state index in [-0.39, 0.29) is 4.90 Å². The quantitative estimate of drug-likeness (QED) is 0.769. The molecule has 0 fully saturated rings. The predicted octanol–water partition coefficient (Wildman–Crippen LogP) is 2.51. The van der Waals surface area contributed by atoms with E-state index in [1.807, 2.05) is 44.4 Å². The summed E-state index contributed by atoms with van der Waals surface area (Å²) in [6, 6.07) is 16.1. The highest BCUT2D eigenvalue weighted by molar-refractivity contribution is 7.89. The smallest absolute Gasteiger partial charge is 0.242 e. The maximum Gasteiger partial charge on any atom is 0.242 e. The molecule has 1 unspecified atom stereocenters. The van der Waals surface area contributed by atoms with Gasteiger partial charge in [0.15, 0.2) is 0 Å². The molecule has 0 aliphatic carbocycles. The molecule has 1 atom stereocenters.